The van der Waals surface area contributed by atoms with Gasteiger partial charge < -0.3 is 30.3 Å². The third-order valence-corrected chi connectivity index (χ3v) is 5.75. The van der Waals surface area contributed by atoms with Crippen molar-refractivity contribution in [3.05, 3.63) is 12.1 Å². The number of nitrogens with zero attached hydrogens (tertiary/aromatic N) is 4. The highest BCUT2D eigenvalue weighted by atomic mass is 16.5. The number of rotatable bonds is 4. The molecule has 0 bridgehead atoms. The molecule has 3 N–H and O–H groups in total. The van der Waals surface area contributed by atoms with Gasteiger partial charge in [-0.1, -0.05) is 12.8 Å². The molecule has 1 saturated carbocycles. The van der Waals surface area contributed by atoms with Crippen LogP contribution >= 0.6 is 0 Å². The number of fused-ring (bicyclic) bond motifs is 1. The van der Waals surface area contributed by atoms with Crippen molar-refractivity contribution < 1.29 is 14.3 Å². The second-order valence-electron chi connectivity index (χ2n) is 7.54. The minimum atomic E-state index is 0.0346. The van der Waals surface area contributed by atoms with Gasteiger partial charge in [0.2, 0.25) is 5.95 Å². The average molecular weight is 400 g/mol. The van der Waals surface area contributed by atoms with Gasteiger partial charge in [-0.2, -0.15) is 4.98 Å². The van der Waals surface area contributed by atoms with Crippen molar-refractivity contribution in [2.45, 2.75) is 31.7 Å². The van der Waals surface area contributed by atoms with E-state index in [1.807, 2.05) is 4.90 Å². The number of piperazine rings is 1. The molecule has 2 aliphatic rings. The van der Waals surface area contributed by atoms with Gasteiger partial charge in [0.1, 0.15) is 5.82 Å². The Labute approximate surface area is 170 Å². The van der Waals surface area contributed by atoms with E-state index in [9.17, 15) is 4.79 Å². The Bertz CT molecular complexity index is 891. The maximum atomic E-state index is 12.5. The van der Waals surface area contributed by atoms with Crippen molar-refractivity contribution in [3.63, 3.8) is 0 Å². The van der Waals surface area contributed by atoms with Gasteiger partial charge in [-0.25, -0.2) is 9.78 Å². The first-order valence-corrected chi connectivity index (χ1v) is 10.1. The minimum absolute atomic E-state index is 0.0346. The van der Waals surface area contributed by atoms with Gasteiger partial charge in [-0.15, -0.1) is 0 Å². The molecule has 4 rings (SSSR count). The highest BCUT2D eigenvalue weighted by molar-refractivity contribution is 5.91. The van der Waals surface area contributed by atoms with Crippen LogP contribution in [0.2, 0.25) is 0 Å². The van der Waals surface area contributed by atoms with Crippen LogP contribution in [0.4, 0.5) is 16.6 Å². The molecule has 0 radical (unpaired) electrons. The number of benzene rings is 1. The van der Waals surface area contributed by atoms with Crippen LogP contribution in [0, 0.1) is 0 Å². The van der Waals surface area contributed by atoms with Gasteiger partial charge in [0.05, 0.1) is 19.7 Å². The molecule has 2 fully saturated rings. The number of ether oxygens (including phenoxy) is 2. The molecule has 9 nitrogen and oxygen atoms in total. The summed E-state index contributed by atoms with van der Waals surface area (Å²) in [6.45, 7) is 2.59. The number of carbonyl (C=O) groups is 1. The molecule has 1 aromatic heterocycles. The Morgan fingerprint density at radius 1 is 1.07 bits per heavy atom. The van der Waals surface area contributed by atoms with Crippen LogP contribution in [-0.2, 0) is 0 Å². The minimum Gasteiger partial charge on any atom is -0.493 e. The van der Waals surface area contributed by atoms with Crippen LogP contribution in [0.25, 0.3) is 10.9 Å². The van der Waals surface area contributed by atoms with Crippen molar-refractivity contribution in [1.29, 1.82) is 0 Å². The third-order valence-electron chi connectivity index (χ3n) is 5.75. The summed E-state index contributed by atoms with van der Waals surface area (Å²) in [6.07, 6.45) is 4.58. The third kappa shape index (κ3) is 3.94. The van der Waals surface area contributed by atoms with E-state index in [2.05, 4.69) is 20.2 Å². The molecule has 2 amide bonds. The molecule has 0 spiro atoms. The van der Waals surface area contributed by atoms with Gasteiger partial charge in [0.15, 0.2) is 11.5 Å². The van der Waals surface area contributed by atoms with Crippen LogP contribution in [-0.4, -0.2) is 67.3 Å². The summed E-state index contributed by atoms with van der Waals surface area (Å²) >= 11 is 0. The summed E-state index contributed by atoms with van der Waals surface area (Å²) in [5.41, 5.74) is 6.90. The maximum Gasteiger partial charge on any atom is 0.317 e. The lowest BCUT2D eigenvalue weighted by molar-refractivity contribution is 0.190. The highest BCUT2D eigenvalue weighted by Crippen LogP contribution is 2.34. The molecular weight excluding hydrogens is 372 g/mol. The van der Waals surface area contributed by atoms with Gasteiger partial charge in [0.25, 0.3) is 0 Å². The molecule has 156 valence electrons. The molecule has 29 heavy (non-hydrogen) atoms. The van der Waals surface area contributed by atoms with Crippen molar-refractivity contribution in [2.75, 3.05) is 51.0 Å². The van der Waals surface area contributed by atoms with Gasteiger partial charge in [0, 0.05) is 43.7 Å². The van der Waals surface area contributed by atoms with Crippen molar-refractivity contribution in [1.82, 2.24) is 20.2 Å². The SMILES string of the molecule is COc1cc2nc(N3CCN(C(=O)NC4CCCC4)CC3)nc(N)c2cc1OC. The summed E-state index contributed by atoms with van der Waals surface area (Å²) in [7, 11) is 3.17. The average Bonchev–Trinajstić information content (AvgIpc) is 3.25. The van der Waals surface area contributed by atoms with Crippen LogP contribution in [0.5, 0.6) is 11.5 Å². The molecular formula is C20H28N6O3. The first kappa shape index (κ1) is 19.4. The van der Waals surface area contributed by atoms with E-state index in [0.717, 1.165) is 18.2 Å². The van der Waals surface area contributed by atoms with Gasteiger partial charge >= 0.3 is 6.03 Å². The molecule has 1 saturated heterocycles. The molecule has 1 aliphatic heterocycles. The Morgan fingerprint density at radius 2 is 1.72 bits per heavy atom. The quantitative estimate of drug-likeness (QED) is 0.808. The molecule has 9 heteroatoms. The van der Waals surface area contributed by atoms with E-state index in [4.69, 9.17) is 15.2 Å². The van der Waals surface area contributed by atoms with E-state index in [1.165, 1.54) is 12.8 Å². The zero-order valence-corrected chi connectivity index (χ0v) is 17.0. The number of carbonyl (C=O) groups excluding carboxylic acids is 1. The van der Waals surface area contributed by atoms with E-state index in [1.54, 1.807) is 26.4 Å². The number of methoxy groups -OCH3 is 2. The van der Waals surface area contributed by atoms with E-state index >= 15 is 0 Å². The summed E-state index contributed by atoms with van der Waals surface area (Å²) < 4.78 is 10.7. The summed E-state index contributed by atoms with van der Waals surface area (Å²) in [5, 5.41) is 3.87. The fourth-order valence-electron chi connectivity index (χ4n) is 4.05. The first-order valence-electron chi connectivity index (χ1n) is 10.1. The molecule has 0 unspecified atom stereocenters. The number of anilines is 2. The molecule has 0 atom stereocenters. The number of hydrogen-bond donors (Lipinski definition) is 2. The zero-order chi connectivity index (χ0) is 20.4. The predicted octanol–water partition coefficient (Wildman–Crippen LogP) is 2.00. The Balaban J connectivity index is 1.47. The van der Waals surface area contributed by atoms with Crippen molar-refractivity contribution in [2.24, 2.45) is 0 Å². The lowest BCUT2D eigenvalue weighted by atomic mass is 10.2. The number of nitrogens with one attached hydrogen (secondary N) is 1. The largest absolute Gasteiger partial charge is 0.493 e. The monoisotopic (exact) mass is 400 g/mol. The molecule has 2 aromatic rings. The van der Waals surface area contributed by atoms with E-state index in [0.29, 0.717) is 61.0 Å². The lowest BCUT2D eigenvalue weighted by Crippen LogP contribution is -2.53. The highest BCUT2D eigenvalue weighted by Gasteiger charge is 2.26. The smallest absolute Gasteiger partial charge is 0.317 e. The number of hydrogen-bond acceptors (Lipinski definition) is 7. The van der Waals surface area contributed by atoms with Crippen LogP contribution in [0.15, 0.2) is 12.1 Å². The van der Waals surface area contributed by atoms with Gasteiger partial charge in [-0.3, -0.25) is 0 Å². The van der Waals surface area contributed by atoms with E-state index < -0.39 is 0 Å². The summed E-state index contributed by atoms with van der Waals surface area (Å²) in [4.78, 5) is 25.6. The number of nitrogen functional groups attached to an aromatic ring is 1. The number of urea groups is 1. The Morgan fingerprint density at radius 3 is 2.38 bits per heavy atom. The molecule has 1 aromatic carbocycles. The first-order chi connectivity index (χ1) is 14.1. The number of amides is 2. The number of nitrogens with two attached hydrogens (primary N) is 1. The fraction of sp³-hybridized carbons (Fsp3) is 0.550. The lowest BCUT2D eigenvalue weighted by Gasteiger charge is -2.35. The fourth-order valence-corrected chi connectivity index (χ4v) is 4.05. The zero-order valence-electron chi connectivity index (χ0n) is 17.0. The second kappa shape index (κ2) is 8.18. The summed E-state index contributed by atoms with van der Waals surface area (Å²) in [5.74, 6) is 2.15. The summed E-state index contributed by atoms with van der Waals surface area (Å²) in [6, 6.07) is 3.96. The normalized spacial score (nSPS) is 17.6. The molecule has 2 heterocycles. The van der Waals surface area contributed by atoms with Crippen LogP contribution in [0.3, 0.4) is 0 Å². The van der Waals surface area contributed by atoms with Gasteiger partial charge in [-0.05, 0) is 18.9 Å². The second-order valence-corrected chi connectivity index (χ2v) is 7.54. The van der Waals surface area contributed by atoms with Crippen LogP contribution in [0.1, 0.15) is 25.7 Å². The molecule has 1 aliphatic carbocycles. The van der Waals surface area contributed by atoms with Crippen molar-refractivity contribution >= 4 is 28.7 Å². The predicted molar refractivity (Wildman–Crippen MR) is 112 cm³/mol. The van der Waals surface area contributed by atoms with Crippen molar-refractivity contribution in [3.8, 4) is 11.5 Å². The van der Waals surface area contributed by atoms with E-state index in [-0.39, 0.29) is 6.03 Å². The van der Waals surface area contributed by atoms with Crippen LogP contribution < -0.4 is 25.4 Å². The Kier molecular flexibility index (Phi) is 5.46. The number of aromatic nitrogens is 2. The maximum absolute atomic E-state index is 12.5. The topological polar surface area (TPSA) is 106 Å². The standard InChI is InChI=1S/C20H28N6O3/c1-28-16-11-14-15(12-17(16)29-2)23-19(24-18(14)21)25-7-9-26(10-8-25)20(27)22-13-5-3-4-6-13/h11-13H,3-10H2,1-2H3,(H,22,27)(H2,21,23,24). The Hall–Kier alpha value is -2.97.